The van der Waals surface area contributed by atoms with E-state index in [4.69, 9.17) is 9.41 Å². The highest BCUT2D eigenvalue weighted by molar-refractivity contribution is 6.15. The van der Waals surface area contributed by atoms with Gasteiger partial charge < -0.3 is 4.42 Å². The Morgan fingerprint density at radius 2 is 2.05 bits per heavy atom. The summed E-state index contributed by atoms with van der Waals surface area (Å²) in [5.74, 6) is 0. The number of rotatable bonds is 2. The summed E-state index contributed by atoms with van der Waals surface area (Å²) in [5.41, 5.74) is 5.44. The number of hydrogen-bond donors (Lipinski definition) is 0. The van der Waals surface area contributed by atoms with Gasteiger partial charge in [0.25, 0.3) is 0 Å². The standard InChI is InChI=1S/C19H16N2O/c1-2-8-18-17(7-1)16(13-22-18)11-14-5-4-10-21-19(14)15-6-3-9-20-12-15/h1-3,6-9,11-13H,4-5,10H2/b14-11+. The van der Waals surface area contributed by atoms with Crippen molar-refractivity contribution in [1.29, 1.82) is 0 Å². The molecule has 0 radical (unpaired) electrons. The summed E-state index contributed by atoms with van der Waals surface area (Å²) in [6.45, 7) is 0.883. The monoisotopic (exact) mass is 288 g/mol. The number of benzene rings is 1. The lowest BCUT2D eigenvalue weighted by molar-refractivity contribution is 0.615. The first-order valence-electron chi connectivity index (χ1n) is 7.54. The Balaban J connectivity index is 1.80. The van der Waals surface area contributed by atoms with Crippen LogP contribution in [0.5, 0.6) is 0 Å². The van der Waals surface area contributed by atoms with Crippen LogP contribution < -0.4 is 0 Å². The number of furan rings is 1. The molecule has 22 heavy (non-hydrogen) atoms. The maximum absolute atomic E-state index is 5.63. The molecule has 108 valence electrons. The predicted molar refractivity (Wildman–Crippen MR) is 89.1 cm³/mol. The third-order valence-corrected chi connectivity index (χ3v) is 3.95. The van der Waals surface area contributed by atoms with Crippen LogP contribution in [0.3, 0.4) is 0 Å². The number of para-hydroxylation sites is 1. The number of hydrogen-bond acceptors (Lipinski definition) is 3. The van der Waals surface area contributed by atoms with Gasteiger partial charge in [0.05, 0.1) is 12.0 Å². The molecule has 0 N–H and O–H groups in total. The SMILES string of the molecule is C(=C1/CCCN=C1c1cccnc1)/c1coc2ccccc12. The Morgan fingerprint density at radius 1 is 1.09 bits per heavy atom. The van der Waals surface area contributed by atoms with Gasteiger partial charge in [-0.2, -0.15) is 0 Å². The molecular weight excluding hydrogens is 272 g/mol. The van der Waals surface area contributed by atoms with Gasteiger partial charge >= 0.3 is 0 Å². The summed E-state index contributed by atoms with van der Waals surface area (Å²) in [6, 6.07) is 12.1. The number of aromatic nitrogens is 1. The molecule has 3 nitrogen and oxygen atoms in total. The van der Waals surface area contributed by atoms with Crippen molar-refractivity contribution < 1.29 is 4.42 Å². The zero-order valence-corrected chi connectivity index (χ0v) is 12.2. The maximum Gasteiger partial charge on any atom is 0.134 e. The Labute approximate surface area is 129 Å². The van der Waals surface area contributed by atoms with E-state index in [1.807, 2.05) is 36.7 Å². The van der Waals surface area contributed by atoms with Crippen molar-refractivity contribution in [3.8, 4) is 0 Å². The van der Waals surface area contributed by atoms with Gasteiger partial charge in [0, 0.05) is 35.5 Å². The number of allylic oxidation sites excluding steroid dienone is 1. The van der Waals surface area contributed by atoms with Gasteiger partial charge in [-0.25, -0.2) is 0 Å². The van der Waals surface area contributed by atoms with E-state index in [1.165, 1.54) is 5.57 Å². The molecule has 0 spiro atoms. The third kappa shape index (κ3) is 2.35. The lowest BCUT2D eigenvalue weighted by Crippen LogP contribution is -2.11. The quantitative estimate of drug-likeness (QED) is 0.696. The fourth-order valence-electron chi connectivity index (χ4n) is 2.90. The molecular formula is C19H16N2O. The number of aliphatic imine (C=N–C) groups is 1. The molecule has 0 saturated carbocycles. The van der Waals surface area contributed by atoms with Gasteiger partial charge in [0.2, 0.25) is 0 Å². The van der Waals surface area contributed by atoms with Crippen molar-refractivity contribution in [3.05, 3.63) is 71.8 Å². The molecule has 4 rings (SSSR count). The predicted octanol–water partition coefficient (Wildman–Crippen LogP) is 4.49. The Kier molecular flexibility index (Phi) is 3.31. The molecule has 3 heteroatoms. The average Bonchev–Trinajstić information content (AvgIpc) is 2.99. The summed E-state index contributed by atoms with van der Waals surface area (Å²) in [7, 11) is 0. The molecule has 1 aliphatic rings. The number of fused-ring (bicyclic) bond motifs is 1. The van der Waals surface area contributed by atoms with Crippen molar-refractivity contribution in [2.45, 2.75) is 12.8 Å². The topological polar surface area (TPSA) is 38.4 Å². The minimum Gasteiger partial charge on any atom is -0.464 e. The molecule has 0 amide bonds. The fraction of sp³-hybridized carbons (Fsp3) is 0.158. The zero-order chi connectivity index (χ0) is 14.8. The van der Waals surface area contributed by atoms with Gasteiger partial charge in [-0.1, -0.05) is 18.2 Å². The van der Waals surface area contributed by atoms with Crippen molar-refractivity contribution in [3.63, 3.8) is 0 Å². The van der Waals surface area contributed by atoms with Crippen LogP contribution in [-0.2, 0) is 0 Å². The molecule has 0 fully saturated rings. The second-order valence-electron chi connectivity index (χ2n) is 5.43. The molecule has 0 aliphatic carbocycles. The van der Waals surface area contributed by atoms with Crippen LogP contribution in [0.2, 0.25) is 0 Å². The van der Waals surface area contributed by atoms with E-state index in [0.29, 0.717) is 0 Å². The van der Waals surface area contributed by atoms with E-state index in [9.17, 15) is 0 Å². The number of nitrogens with zero attached hydrogens (tertiary/aromatic N) is 2. The van der Waals surface area contributed by atoms with Crippen LogP contribution >= 0.6 is 0 Å². The summed E-state index contributed by atoms with van der Waals surface area (Å²) in [4.78, 5) is 8.93. The van der Waals surface area contributed by atoms with E-state index in [-0.39, 0.29) is 0 Å². The molecule has 0 bridgehead atoms. The van der Waals surface area contributed by atoms with E-state index >= 15 is 0 Å². The van der Waals surface area contributed by atoms with Crippen molar-refractivity contribution in [1.82, 2.24) is 4.98 Å². The summed E-state index contributed by atoms with van der Waals surface area (Å²) in [5, 5.41) is 1.14. The van der Waals surface area contributed by atoms with E-state index in [2.05, 4.69) is 23.2 Å². The average molecular weight is 288 g/mol. The van der Waals surface area contributed by atoms with E-state index < -0.39 is 0 Å². The van der Waals surface area contributed by atoms with Gasteiger partial charge in [0.1, 0.15) is 5.58 Å². The number of pyridine rings is 1. The minimum absolute atomic E-state index is 0.883. The van der Waals surface area contributed by atoms with Crippen LogP contribution in [0, 0.1) is 0 Å². The highest BCUT2D eigenvalue weighted by Crippen LogP contribution is 2.27. The molecule has 3 aromatic rings. The second-order valence-corrected chi connectivity index (χ2v) is 5.43. The Hall–Kier alpha value is -2.68. The van der Waals surface area contributed by atoms with Gasteiger partial charge in [0.15, 0.2) is 0 Å². The Morgan fingerprint density at radius 3 is 2.95 bits per heavy atom. The van der Waals surface area contributed by atoms with Crippen LogP contribution in [0.15, 0.2) is 70.0 Å². The van der Waals surface area contributed by atoms with Crippen LogP contribution in [-0.4, -0.2) is 17.2 Å². The molecule has 0 atom stereocenters. The summed E-state index contributed by atoms with van der Waals surface area (Å²) in [6.07, 6.45) is 9.83. The molecule has 2 aromatic heterocycles. The van der Waals surface area contributed by atoms with Crippen LogP contribution in [0.4, 0.5) is 0 Å². The minimum atomic E-state index is 0.883. The molecule has 0 saturated heterocycles. The molecule has 0 unspecified atom stereocenters. The smallest absolute Gasteiger partial charge is 0.134 e. The molecule has 3 heterocycles. The molecule has 1 aromatic carbocycles. The second kappa shape index (κ2) is 5.60. The first-order valence-corrected chi connectivity index (χ1v) is 7.54. The van der Waals surface area contributed by atoms with Gasteiger partial charge in [-0.05, 0) is 42.7 Å². The first kappa shape index (κ1) is 13.0. The van der Waals surface area contributed by atoms with Gasteiger partial charge in [-0.3, -0.25) is 9.98 Å². The first-order chi connectivity index (χ1) is 10.9. The highest BCUT2D eigenvalue weighted by Gasteiger charge is 2.15. The third-order valence-electron chi connectivity index (χ3n) is 3.95. The zero-order valence-electron chi connectivity index (χ0n) is 12.2. The summed E-state index contributed by atoms with van der Waals surface area (Å²) < 4.78 is 5.63. The van der Waals surface area contributed by atoms with Crippen molar-refractivity contribution in [2.24, 2.45) is 4.99 Å². The largest absolute Gasteiger partial charge is 0.464 e. The normalized spacial score (nSPS) is 16.9. The lowest BCUT2D eigenvalue weighted by Gasteiger charge is -2.16. The lowest BCUT2D eigenvalue weighted by atomic mass is 9.95. The van der Waals surface area contributed by atoms with E-state index in [1.54, 1.807) is 6.20 Å². The van der Waals surface area contributed by atoms with Crippen molar-refractivity contribution >= 4 is 22.8 Å². The molecule has 1 aliphatic heterocycles. The Bertz CT molecular complexity index is 859. The van der Waals surface area contributed by atoms with Gasteiger partial charge in [-0.15, -0.1) is 0 Å². The van der Waals surface area contributed by atoms with E-state index in [0.717, 1.165) is 47.2 Å². The van der Waals surface area contributed by atoms with Crippen molar-refractivity contribution in [2.75, 3.05) is 6.54 Å². The van der Waals surface area contributed by atoms with Crippen LogP contribution in [0.1, 0.15) is 24.0 Å². The van der Waals surface area contributed by atoms with Crippen LogP contribution in [0.25, 0.3) is 17.0 Å². The summed E-state index contributed by atoms with van der Waals surface area (Å²) >= 11 is 0. The maximum atomic E-state index is 5.63. The highest BCUT2D eigenvalue weighted by atomic mass is 16.3. The fourth-order valence-corrected chi connectivity index (χ4v) is 2.90.